The molecule has 1 saturated carbocycles. The number of rotatable bonds is 6. The molecular formula is C32H32N2O2S. The van der Waals surface area contributed by atoms with E-state index in [1.807, 2.05) is 24.3 Å². The average molecular weight is 509 g/mol. The van der Waals surface area contributed by atoms with Crippen molar-refractivity contribution in [2.45, 2.75) is 45.1 Å². The smallest absolute Gasteiger partial charge is 0.346 e. The highest BCUT2D eigenvalue weighted by Crippen LogP contribution is 2.43. The Balaban J connectivity index is 1.35. The Kier molecular flexibility index (Phi) is 6.90. The maximum absolute atomic E-state index is 12.4. The number of carboxylic acid groups (broad SMARTS) is 1. The van der Waals surface area contributed by atoms with Gasteiger partial charge in [0.05, 0.1) is 11.2 Å². The first-order chi connectivity index (χ1) is 18.2. The van der Waals surface area contributed by atoms with Gasteiger partial charge in [-0.15, -0.1) is 11.3 Å². The van der Waals surface area contributed by atoms with Crippen molar-refractivity contribution in [3.8, 4) is 10.4 Å². The van der Waals surface area contributed by atoms with Gasteiger partial charge >= 0.3 is 5.97 Å². The number of aromatic carboxylic acids is 1. The maximum atomic E-state index is 12.4. The first-order valence-corrected chi connectivity index (χ1v) is 14.2. The second-order valence-corrected chi connectivity index (χ2v) is 11.4. The minimum Gasteiger partial charge on any atom is -0.477 e. The molecular weight excluding hydrogens is 476 g/mol. The van der Waals surface area contributed by atoms with Gasteiger partial charge < -0.3 is 5.11 Å². The number of benzene rings is 2. The van der Waals surface area contributed by atoms with Crippen LogP contribution in [-0.2, 0) is 6.54 Å². The van der Waals surface area contributed by atoms with Crippen molar-refractivity contribution in [1.29, 1.82) is 0 Å². The van der Waals surface area contributed by atoms with Crippen molar-refractivity contribution in [2.75, 3.05) is 13.1 Å². The lowest BCUT2D eigenvalue weighted by Gasteiger charge is -2.36. The Morgan fingerprint density at radius 1 is 0.973 bits per heavy atom. The standard InChI is InChI=1S/C32H32N2O2S/c35-32(36)31-27(19-30(37-31)24-12-5-2-6-13-24)26-17-18-34(21-28(26)22-9-3-1-4-10-22)20-25-16-15-23-11-7-8-14-29(23)33-25/h2,5-8,11-16,19,22H,1,3-4,9-10,17-18,20-21H2,(H,35,36). The van der Waals surface area contributed by atoms with Gasteiger partial charge in [0, 0.05) is 35.5 Å². The molecule has 0 amide bonds. The lowest BCUT2D eigenvalue weighted by molar-refractivity contribution is 0.0702. The van der Waals surface area contributed by atoms with Crippen LogP contribution in [0.3, 0.4) is 0 Å². The molecule has 1 fully saturated rings. The van der Waals surface area contributed by atoms with E-state index in [-0.39, 0.29) is 0 Å². The largest absolute Gasteiger partial charge is 0.477 e. The lowest BCUT2D eigenvalue weighted by Crippen LogP contribution is -2.34. The number of aromatic nitrogens is 1. The normalized spacial score (nSPS) is 17.4. The third-order valence-electron chi connectivity index (χ3n) is 7.91. The zero-order valence-electron chi connectivity index (χ0n) is 21.0. The summed E-state index contributed by atoms with van der Waals surface area (Å²) < 4.78 is 0. The number of fused-ring (bicyclic) bond motifs is 1. The number of hydrogen-bond donors (Lipinski definition) is 1. The van der Waals surface area contributed by atoms with E-state index in [1.54, 1.807) is 0 Å². The summed E-state index contributed by atoms with van der Waals surface area (Å²) in [6, 6.07) is 24.9. The minimum atomic E-state index is -0.819. The molecule has 0 radical (unpaired) electrons. The molecule has 1 N–H and O–H groups in total. The summed E-state index contributed by atoms with van der Waals surface area (Å²) in [5.74, 6) is -0.279. The van der Waals surface area contributed by atoms with E-state index in [0.717, 1.165) is 53.3 Å². The van der Waals surface area contributed by atoms with E-state index in [2.05, 4.69) is 53.4 Å². The summed E-state index contributed by atoms with van der Waals surface area (Å²) in [6.07, 6.45) is 7.13. The Morgan fingerprint density at radius 3 is 2.57 bits per heavy atom. The molecule has 5 heteroatoms. The van der Waals surface area contributed by atoms with E-state index in [1.165, 1.54) is 60.0 Å². The molecule has 0 atom stereocenters. The van der Waals surface area contributed by atoms with Gasteiger partial charge in [0.15, 0.2) is 0 Å². The van der Waals surface area contributed by atoms with E-state index < -0.39 is 5.97 Å². The molecule has 4 nitrogen and oxygen atoms in total. The summed E-state index contributed by atoms with van der Waals surface area (Å²) >= 11 is 1.41. The third-order valence-corrected chi connectivity index (χ3v) is 9.08. The molecule has 2 aromatic heterocycles. The fourth-order valence-corrected chi connectivity index (χ4v) is 7.09. The SMILES string of the molecule is O=C(O)c1sc(-c2ccccc2)cc1C1=C(C2CCCCC2)CN(Cc2ccc3ccccc3n2)CC1. The zero-order chi connectivity index (χ0) is 25.2. The van der Waals surface area contributed by atoms with Crippen molar-refractivity contribution >= 4 is 33.8 Å². The van der Waals surface area contributed by atoms with Crippen molar-refractivity contribution < 1.29 is 9.90 Å². The molecule has 188 valence electrons. The van der Waals surface area contributed by atoms with Crippen molar-refractivity contribution in [3.05, 3.63) is 94.5 Å². The minimum absolute atomic E-state index is 0.479. The van der Waals surface area contributed by atoms with E-state index >= 15 is 0 Å². The number of carbonyl (C=O) groups is 1. The number of hydrogen-bond acceptors (Lipinski definition) is 4. The molecule has 2 aliphatic rings. The quantitative estimate of drug-likeness (QED) is 0.288. The third kappa shape index (κ3) is 5.11. The van der Waals surface area contributed by atoms with Crippen LogP contribution in [0.5, 0.6) is 0 Å². The number of pyridine rings is 1. The fraction of sp³-hybridized carbons (Fsp3) is 0.312. The van der Waals surface area contributed by atoms with Crippen LogP contribution >= 0.6 is 11.3 Å². The summed E-state index contributed by atoms with van der Waals surface area (Å²) in [5.41, 5.74) is 6.91. The van der Waals surface area contributed by atoms with Crippen LogP contribution < -0.4 is 0 Å². The van der Waals surface area contributed by atoms with Gasteiger partial charge in [0.25, 0.3) is 0 Å². The molecule has 0 saturated heterocycles. The molecule has 1 aliphatic heterocycles. The summed E-state index contributed by atoms with van der Waals surface area (Å²) in [7, 11) is 0. The average Bonchev–Trinajstić information content (AvgIpc) is 3.40. The summed E-state index contributed by atoms with van der Waals surface area (Å²) in [5, 5.41) is 11.3. The molecule has 3 heterocycles. The van der Waals surface area contributed by atoms with Crippen LogP contribution in [0.2, 0.25) is 0 Å². The van der Waals surface area contributed by atoms with Crippen LogP contribution in [0.1, 0.15) is 59.5 Å². The van der Waals surface area contributed by atoms with Crippen molar-refractivity contribution in [2.24, 2.45) is 5.92 Å². The van der Waals surface area contributed by atoms with Crippen LogP contribution in [0.4, 0.5) is 0 Å². The van der Waals surface area contributed by atoms with E-state index in [4.69, 9.17) is 4.98 Å². The highest BCUT2D eigenvalue weighted by Gasteiger charge is 2.30. The van der Waals surface area contributed by atoms with Gasteiger partial charge in [-0.25, -0.2) is 4.79 Å². The molecule has 0 unspecified atom stereocenters. The number of carboxylic acids is 1. The number of thiophene rings is 1. The predicted octanol–water partition coefficient (Wildman–Crippen LogP) is 7.90. The van der Waals surface area contributed by atoms with Gasteiger partial charge in [0.2, 0.25) is 0 Å². The number of para-hydroxylation sites is 1. The predicted molar refractivity (Wildman–Crippen MR) is 152 cm³/mol. The van der Waals surface area contributed by atoms with E-state index in [0.29, 0.717) is 10.8 Å². The second kappa shape index (κ2) is 10.6. The maximum Gasteiger partial charge on any atom is 0.346 e. The second-order valence-electron chi connectivity index (χ2n) is 10.3. The Bertz CT molecular complexity index is 1450. The first-order valence-electron chi connectivity index (χ1n) is 13.4. The van der Waals surface area contributed by atoms with Crippen molar-refractivity contribution in [1.82, 2.24) is 9.88 Å². The highest BCUT2D eigenvalue weighted by atomic mass is 32.1. The Labute approximate surface area is 222 Å². The van der Waals surface area contributed by atoms with E-state index in [9.17, 15) is 9.90 Å². The monoisotopic (exact) mass is 508 g/mol. The van der Waals surface area contributed by atoms with Gasteiger partial charge in [-0.3, -0.25) is 9.88 Å². The van der Waals surface area contributed by atoms with Crippen LogP contribution in [0, 0.1) is 5.92 Å². The molecule has 4 aromatic rings. The Morgan fingerprint density at radius 2 is 1.76 bits per heavy atom. The first kappa shape index (κ1) is 24.1. The lowest BCUT2D eigenvalue weighted by atomic mass is 9.78. The Hall–Kier alpha value is -3.28. The van der Waals surface area contributed by atoms with Gasteiger partial charge in [-0.2, -0.15) is 0 Å². The number of nitrogens with zero attached hydrogens (tertiary/aromatic N) is 2. The molecule has 2 aromatic carbocycles. The molecule has 6 rings (SSSR count). The molecule has 0 spiro atoms. The van der Waals surface area contributed by atoms with Gasteiger partial charge in [0.1, 0.15) is 4.88 Å². The highest BCUT2D eigenvalue weighted by molar-refractivity contribution is 7.17. The van der Waals surface area contributed by atoms with Gasteiger partial charge in [-0.05, 0) is 60.1 Å². The topological polar surface area (TPSA) is 53.4 Å². The molecule has 1 aliphatic carbocycles. The van der Waals surface area contributed by atoms with Crippen LogP contribution in [-0.4, -0.2) is 34.0 Å². The zero-order valence-corrected chi connectivity index (χ0v) is 21.8. The molecule has 0 bridgehead atoms. The van der Waals surface area contributed by atoms with Crippen LogP contribution in [0.25, 0.3) is 26.9 Å². The van der Waals surface area contributed by atoms with Crippen molar-refractivity contribution in [3.63, 3.8) is 0 Å². The van der Waals surface area contributed by atoms with Crippen LogP contribution in [0.15, 0.2) is 78.4 Å². The molecule has 37 heavy (non-hydrogen) atoms. The fourth-order valence-electron chi connectivity index (χ4n) is 6.06. The summed E-state index contributed by atoms with van der Waals surface area (Å²) in [4.78, 5) is 21.3. The summed E-state index contributed by atoms with van der Waals surface area (Å²) in [6.45, 7) is 2.62. The van der Waals surface area contributed by atoms with Gasteiger partial charge in [-0.1, -0.05) is 73.9 Å².